The average molecular weight is 279 g/mol. The summed E-state index contributed by atoms with van der Waals surface area (Å²) in [5.41, 5.74) is 5.69. The first kappa shape index (κ1) is 14.2. The van der Waals surface area contributed by atoms with Crippen molar-refractivity contribution in [3.63, 3.8) is 0 Å². The third-order valence-corrected chi connectivity index (χ3v) is 2.93. The van der Waals surface area contributed by atoms with E-state index in [9.17, 15) is 9.59 Å². The molecule has 1 aliphatic heterocycles. The second-order valence-corrected chi connectivity index (χ2v) is 4.42. The maximum absolute atomic E-state index is 11.8. The van der Waals surface area contributed by atoms with Gasteiger partial charge in [-0.25, -0.2) is 9.97 Å². The third-order valence-electron chi connectivity index (χ3n) is 2.93. The van der Waals surface area contributed by atoms with E-state index in [-0.39, 0.29) is 30.7 Å². The second kappa shape index (κ2) is 5.83. The van der Waals surface area contributed by atoms with Crippen LogP contribution < -0.4 is 11.1 Å². The minimum absolute atomic E-state index is 0.111. The molecule has 1 atom stereocenters. The summed E-state index contributed by atoms with van der Waals surface area (Å²) in [6.07, 6.45) is 0.111. The van der Waals surface area contributed by atoms with Crippen LogP contribution in [0.25, 0.3) is 0 Å². The predicted molar refractivity (Wildman–Crippen MR) is 71.6 cm³/mol. The summed E-state index contributed by atoms with van der Waals surface area (Å²) in [5.74, 6) is 0.623. The molecular weight excluding hydrogens is 262 g/mol. The van der Waals surface area contributed by atoms with Crippen LogP contribution in [0.4, 0.5) is 11.6 Å². The zero-order valence-electron chi connectivity index (χ0n) is 11.4. The highest BCUT2D eigenvalue weighted by molar-refractivity contribution is 6.06. The van der Waals surface area contributed by atoms with E-state index in [2.05, 4.69) is 15.3 Å². The zero-order valence-corrected chi connectivity index (χ0v) is 11.4. The first-order chi connectivity index (χ1) is 9.51. The zero-order chi connectivity index (χ0) is 14.7. The number of imide groups is 1. The lowest BCUT2D eigenvalue weighted by Gasteiger charge is -2.12. The van der Waals surface area contributed by atoms with Crippen LogP contribution in [0.3, 0.4) is 0 Å². The Bertz CT molecular complexity index is 534. The molecule has 1 unspecified atom stereocenters. The summed E-state index contributed by atoms with van der Waals surface area (Å²) in [4.78, 5) is 32.6. The number of rotatable bonds is 5. The first-order valence-corrected chi connectivity index (χ1v) is 6.29. The van der Waals surface area contributed by atoms with Crippen LogP contribution in [0.15, 0.2) is 6.07 Å². The van der Waals surface area contributed by atoms with Gasteiger partial charge in [0.1, 0.15) is 24.3 Å². The van der Waals surface area contributed by atoms with E-state index in [0.717, 1.165) is 4.90 Å². The summed E-state index contributed by atoms with van der Waals surface area (Å²) in [7, 11) is 1.46. The number of anilines is 2. The van der Waals surface area contributed by atoms with Crippen molar-refractivity contribution < 1.29 is 14.3 Å². The SMILES string of the molecule is CCOCc1nc(N)cc(NC2CC(=O)N(C)C2=O)n1. The van der Waals surface area contributed by atoms with Crippen molar-refractivity contribution >= 4 is 23.5 Å². The molecule has 20 heavy (non-hydrogen) atoms. The molecule has 0 radical (unpaired) electrons. The predicted octanol–water partition coefficient (Wildman–Crippen LogP) is -0.235. The van der Waals surface area contributed by atoms with E-state index < -0.39 is 6.04 Å². The molecule has 2 rings (SSSR count). The van der Waals surface area contributed by atoms with Gasteiger partial charge in [-0.1, -0.05) is 0 Å². The Hall–Kier alpha value is -2.22. The van der Waals surface area contributed by atoms with Gasteiger partial charge in [-0.05, 0) is 6.92 Å². The van der Waals surface area contributed by atoms with Gasteiger partial charge in [-0.3, -0.25) is 14.5 Å². The molecule has 1 saturated heterocycles. The minimum Gasteiger partial charge on any atom is -0.384 e. The Morgan fingerprint density at radius 2 is 2.25 bits per heavy atom. The molecule has 0 saturated carbocycles. The summed E-state index contributed by atoms with van der Waals surface area (Å²) >= 11 is 0. The van der Waals surface area contributed by atoms with E-state index in [1.54, 1.807) is 0 Å². The highest BCUT2D eigenvalue weighted by Crippen LogP contribution is 2.17. The Balaban J connectivity index is 2.11. The normalized spacial score (nSPS) is 18.7. The number of aromatic nitrogens is 2. The van der Waals surface area contributed by atoms with Crippen LogP contribution >= 0.6 is 0 Å². The Kier molecular flexibility index (Phi) is 4.14. The number of ether oxygens (including phenoxy) is 1. The maximum Gasteiger partial charge on any atom is 0.251 e. The van der Waals surface area contributed by atoms with E-state index in [1.807, 2.05) is 6.92 Å². The molecule has 0 aliphatic carbocycles. The molecule has 2 heterocycles. The minimum atomic E-state index is -0.609. The van der Waals surface area contributed by atoms with Crippen LogP contribution in [0.2, 0.25) is 0 Å². The fraction of sp³-hybridized carbons (Fsp3) is 0.500. The number of hydrogen-bond donors (Lipinski definition) is 2. The van der Waals surface area contributed by atoms with E-state index in [1.165, 1.54) is 13.1 Å². The number of carbonyl (C=O) groups is 2. The largest absolute Gasteiger partial charge is 0.384 e. The van der Waals surface area contributed by atoms with Crippen LogP contribution in [0.1, 0.15) is 19.2 Å². The smallest absolute Gasteiger partial charge is 0.251 e. The van der Waals surface area contributed by atoms with Crippen LogP contribution in [-0.4, -0.2) is 46.4 Å². The number of carbonyl (C=O) groups excluding carboxylic acids is 2. The van der Waals surface area contributed by atoms with Gasteiger partial charge in [-0.15, -0.1) is 0 Å². The van der Waals surface area contributed by atoms with Gasteiger partial charge in [0.25, 0.3) is 5.91 Å². The maximum atomic E-state index is 11.8. The second-order valence-electron chi connectivity index (χ2n) is 4.42. The summed E-state index contributed by atoms with van der Waals surface area (Å²) < 4.78 is 5.22. The molecule has 0 bridgehead atoms. The van der Waals surface area contributed by atoms with Gasteiger partial charge < -0.3 is 15.8 Å². The van der Waals surface area contributed by atoms with E-state index in [4.69, 9.17) is 10.5 Å². The number of nitrogens with zero attached hydrogens (tertiary/aromatic N) is 3. The molecule has 8 nitrogen and oxygen atoms in total. The van der Waals surface area contributed by atoms with Gasteiger partial charge >= 0.3 is 0 Å². The average Bonchev–Trinajstić information content (AvgIpc) is 2.63. The van der Waals surface area contributed by atoms with Crippen molar-refractivity contribution in [3.8, 4) is 0 Å². The van der Waals surface area contributed by atoms with Crippen molar-refractivity contribution in [2.75, 3.05) is 24.7 Å². The van der Waals surface area contributed by atoms with Gasteiger partial charge in [0.2, 0.25) is 5.91 Å². The van der Waals surface area contributed by atoms with Gasteiger partial charge in [0.15, 0.2) is 5.82 Å². The summed E-state index contributed by atoms with van der Waals surface area (Å²) in [6, 6.07) is 0.910. The Morgan fingerprint density at radius 3 is 2.85 bits per heavy atom. The highest BCUT2D eigenvalue weighted by Gasteiger charge is 2.36. The first-order valence-electron chi connectivity index (χ1n) is 6.29. The van der Waals surface area contributed by atoms with Crippen LogP contribution in [0, 0.1) is 0 Å². The summed E-state index contributed by atoms with van der Waals surface area (Å²) in [6.45, 7) is 2.65. The molecule has 108 valence electrons. The lowest BCUT2D eigenvalue weighted by molar-refractivity contribution is -0.136. The molecule has 2 amide bonds. The van der Waals surface area contributed by atoms with Crippen molar-refractivity contribution in [2.24, 2.45) is 0 Å². The highest BCUT2D eigenvalue weighted by atomic mass is 16.5. The number of nitrogens with one attached hydrogen (secondary N) is 1. The Morgan fingerprint density at radius 1 is 1.50 bits per heavy atom. The third kappa shape index (κ3) is 3.02. The fourth-order valence-corrected chi connectivity index (χ4v) is 1.90. The van der Waals surface area contributed by atoms with E-state index >= 15 is 0 Å². The lowest BCUT2D eigenvalue weighted by atomic mass is 10.2. The van der Waals surface area contributed by atoms with Crippen molar-refractivity contribution in [1.82, 2.24) is 14.9 Å². The molecule has 1 aliphatic rings. The van der Waals surface area contributed by atoms with Crippen molar-refractivity contribution in [2.45, 2.75) is 26.0 Å². The molecular formula is C12H17N5O3. The van der Waals surface area contributed by atoms with Crippen molar-refractivity contribution in [3.05, 3.63) is 11.9 Å². The monoisotopic (exact) mass is 279 g/mol. The van der Waals surface area contributed by atoms with Gasteiger partial charge in [-0.2, -0.15) is 0 Å². The van der Waals surface area contributed by atoms with Crippen LogP contribution in [-0.2, 0) is 20.9 Å². The number of nitrogens with two attached hydrogens (primary N) is 1. The molecule has 1 fully saturated rings. The van der Waals surface area contributed by atoms with E-state index in [0.29, 0.717) is 18.2 Å². The molecule has 0 spiro atoms. The van der Waals surface area contributed by atoms with Crippen molar-refractivity contribution in [1.29, 1.82) is 0 Å². The molecule has 1 aromatic heterocycles. The molecule has 1 aromatic rings. The van der Waals surface area contributed by atoms with Crippen LogP contribution in [0.5, 0.6) is 0 Å². The number of likely N-dealkylation sites (tertiary alicyclic amines) is 1. The fourth-order valence-electron chi connectivity index (χ4n) is 1.90. The standard InChI is InChI=1S/C12H17N5O3/c1-3-20-6-10-15-8(13)5-9(16-10)14-7-4-11(18)17(2)12(7)19/h5,7H,3-4,6H2,1-2H3,(H3,13,14,15,16). The summed E-state index contributed by atoms with van der Waals surface area (Å²) in [5, 5.41) is 2.91. The molecule has 8 heteroatoms. The topological polar surface area (TPSA) is 110 Å². The Labute approximate surface area is 116 Å². The molecule has 3 N–H and O–H groups in total. The van der Waals surface area contributed by atoms with Gasteiger partial charge in [0, 0.05) is 19.7 Å². The number of nitrogen functional groups attached to an aromatic ring is 1. The van der Waals surface area contributed by atoms with Gasteiger partial charge in [0.05, 0.1) is 6.42 Å². The number of hydrogen-bond acceptors (Lipinski definition) is 7. The molecule has 0 aromatic carbocycles. The number of amides is 2. The quantitative estimate of drug-likeness (QED) is 0.716. The number of likely N-dealkylation sites (N-methyl/N-ethyl adjacent to an activating group) is 1. The lowest BCUT2D eigenvalue weighted by Crippen LogP contribution is -2.32.